The molecule has 3 nitrogen and oxygen atoms in total. The lowest BCUT2D eigenvalue weighted by Gasteiger charge is -2.09. The van der Waals surface area contributed by atoms with Crippen LogP contribution in [0.2, 0.25) is 0 Å². The lowest BCUT2D eigenvalue weighted by molar-refractivity contribution is 0.211. The van der Waals surface area contributed by atoms with Crippen LogP contribution in [0.3, 0.4) is 0 Å². The van der Waals surface area contributed by atoms with Crippen LogP contribution in [0.5, 0.6) is 0 Å². The molecule has 0 aliphatic rings. The van der Waals surface area contributed by atoms with Gasteiger partial charge in [-0.05, 0) is 24.6 Å². The van der Waals surface area contributed by atoms with Crippen LogP contribution < -0.4 is 0 Å². The molecule has 0 saturated carbocycles. The zero-order chi connectivity index (χ0) is 10.8. The molecule has 3 heteroatoms. The second kappa shape index (κ2) is 3.79. The van der Waals surface area contributed by atoms with Crippen molar-refractivity contribution in [1.82, 2.24) is 9.97 Å². The molecule has 2 rings (SSSR count). The summed E-state index contributed by atoms with van der Waals surface area (Å²) in [5.41, 5.74) is 2.83. The largest absolute Gasteiger partial charge is 0.382 e. The monoisotopic (exact) mass is 200 g/mol. The molecule has 0 fully saturated rings. The zero-order valence-corrected chi connectivity index (χ0v) is 8.51. The van der Waals surface area contributed by atoms with Gasteiger partial charge in [0.05, 0.1) is 22.9 Å². The first-order valence-corrected chi connectivity index (χ1v) is 4.73. The predicted molar refractivity (Wildman–Crippen MR) is 59.3 cm³/mol. The molecule has 0 aliphatic carbocycles. The Labute approximate surface area is 88.1 Å². The van der Waals surface area contributed by atoms with Crippen LogP contribution in [0, 0.1) is 0 Å². The average Bonchev–Trinajstić information content (AvgIpc) is 2.27. The van der Waals surface area contributed by atoms with Gasteiger partial charge in [-0.15, -0.1) is 0 Å². The highest BCUT2D eigenvalue weighted by molar-refractivity contribution is 5.73. The maximum Gasteiger partial charge on any atom is 0.118 e. The van der Waals surface area contributed by atoms with Crippen molar-refractivity contribution in [3.05, 3.63) is 48.3 Å². The Hall–Kier alpha value is -1.74. The zero-order valence-electron chi connectivity index (χ0n) is 8.51. The molecular formula is C12H12N2O. The average molecular weight is 200 g/mol. The minimum Gasteiger partial charge on any atom is -0.382 e. The fourth-order valence-corrected chi connectivity index (χ4v) is 1.36. The fourth-order valence-electron chi connectivity index (χ4n) is 1.36. The summed E-state index contributed by atoms with van der Waals surface area (Å²) in [5, 5.41) is 9.76. The van der Waals surface area contributed by atoms with Gasteiger partial charge in [-0.2, -0.15) is 0 Å². The first kappa shape index (κ1) is 9.80. The molecule has 1 unspecified atom stereocenters. The first-order valence-electron chi connectivity index (χ1n) is 4.73. The number of nitrogens with zero attached hydrogens (tertiary/aromatic N) is 2. The summed E-state index contributed by atoms with van der Waals surface area (Å²) in [4.78, 5) is 8.54. The van der Waals surface area contributed by atoms with Gasteiger partial charge in [0.2, 0.25) is 0 Å². The number of aromatic nitrogens is 2. The molecule has 0 bridgehead atoms. The number of aliphatic hydroxyl groups excluding tert-OH is 1. The van der Waals surface area contributed by atoms with E-state index in [9.17, 15) is 5.11 Å². The highest BCUT2D eigenvalue weighted by Crippen LogP contribution is 2.18. The molecule has 1 aromatic carbocycles. The molecule has 1 aromatic heterocycles. The van der Waals surface area contributed by atoms with Crippen molar-refractivity contribution in [2.45, 2.75) is 13.0 Å². The summed E-state index contributed by atoms with van der Waals surface area (Å²) in [6.07, 6.45) is 0.851. The van der Waals surface area contributed by atoms with E-state index >= 15 is 0 Å². The highest BCUT2D eigenvalue weighted by atomic mass is 16.3. The van der Waals surface area contributed by atoms with E-state index in [4.69, 9.17) is 0 Å². The Morgan fingerprint density at radius 3 is 2.67 bits per heavy atom. The molecule has 1 atom stereocenters. The number of fused-ring (bicyclic) bond motifs is 1. The van der Waals surface area contributed by atoms with E-state index in [2.05, 4.69) is 16.5 Å². The van der Waals surface area contributed by atoms with Crippen molar-refractivity contribution in [3.8, 4) is 0 Å². The van der Waals surface area contributed by atoms with Gasteiger partial charge < -0.3 is 5.11 Å². The Balaban J connectivity index is 2.51. The molecular weight excluding hydrogens is 188 g/mol. The fraction of sp³-hybridized carbons (Fsp3) is 0.167. The molecule has 0 aliphatic heterocycles. The number of rotatable bonds is 2. The summed E-state index contributed by atoms with van der Waals surface area (Å²) < 4.78 is 0. The van der Waals surface area contributed by atoms with Crippen molar-refractivity contribution in [2.75, 3.05) is 0 Å². The van der Waals surface area contributed by atoms with Crippen LogP contribution in [0.4, 0.5) is 0 Å². The molecule has 76 valence electrons. The van der Waals surface area contributed by atoms with E-state index in [1.165, 1.54) is 0 Å². The third kappa shape index (κ3) is 1.87. The Bertz CT molecular complexity index is 508. The van der Waals surface area contributed by atoms with E-state index < -0.39 is 6.10 Å². The molecule has 0 radical (unpaired) electrons. The van der Waals surface area contributed by atoms with Crippen molar-refractivity contribution in [2.24, 2.45) is 0 Å². The van der Waals surface area contributed by atoms with Gasteiger partial charge >= 0.3 is 0 Å². The third-order valence-corrected chi connectivity index (χ3v) is 2.21. The van der Waals surface area contributed by atoms with E-state index in [0.717, 1.165) is 11.0 Å². The predicted octanol–water partition coefficient (Wildman–Crippen LogP) is 2.24. The number of para-hydroxylation sites is 2. The van der Waals surface area contributed by atoms with Crippen LogP contribution in [0.15, 0.2) is 42.6 Å². The van der Waals surface area contributed by atoms with Gasteiger partial charge in [0.1, 0.15) is 6.10 Å². The van der Waals surface area contributed by atoms with Gasteiger partial charge in [0, 0.05) is 0 Å². The maximum atomic E-state index is 9.76. The SMILES string of the molecule is C=C(C)C(O)c1cnc2ccccc2n1. The third-order valence-electron chi connectivity index (χ3n) is 2.21. The Morgan fingerprint density at radius 1 is 1.33 bits per heavy atom. The van der Waals surface area contributed by atoms with Crippen LogP contribution in [-0.4, -0.2) is 15.1 Å². The van der Waals surface area contributed by atoms with E-state index in [1.54, 1.807) is 13.1 Å². The van der Waals surface area contributed by atoms with Crippen LogP contribution in [0.25, 0.3) is 11.0 Å². The van der Waals surface area contributed by atoms with Gasteiger partial charge in [-0.25, -0.2) is 4.98 Å². The molecule has 1 heterocycles. The molecule has 0 spiro atoms. The van der Waals surface area contributed by atoms with Crippen LogP contribution >= 0.6 is 0 Å². The molecule has 0 amide bonds. The summed E-state index contributed by atoms with van der Waals surface area (Å²) in [6, 6.07) is 7.57. The standard InChI is InChI=1S/C12H12N2O/c1-8(2)12(15)11-7-13-9-5-3-4-6-10(9)14-11/h3-7,12,15H,1H2,2H3. The van der Waals surface area contributed by atoms with Crippen molar-refractivity contribution in [3.63, 3.8) is 0 Å². The minimum absolute atomic E-state index is 0.543. The van der Waals surface area contributed by atoms with Crippen LogP contribution in [0.1, 0.15) is 18.7 Å². The van der Waals surface area contributed by atoms with Gasteiger partial charge in [-0.1, -0.05) is 18.7 Å². The molecule has 15 heavy (non-hydrogen) atoms. The first-order chi connectivity index (χ1) is 7.18. The summed E-state index contributed by atoms with van der Waals surface area (Å²) in [6.45, 7) is 5.46. The number of hydrogen-bond donors (Lipinski definition) is 1. The van der Waals surface area contributed by atoms with Crippen molar-refractivity contribution >= 4 is 11.0 Å². The molecule has 0 saturated heterocycles. The number of aliphatic hydroxyl groups is 1. The normalized spacial score (nSPS) is 12.7. The summed E-state index contributed by atoms with van der Waals surface area (Å²) in [7, 11) is 0. The van der Waals surface area contributed by atoms with Crippen LogP contribution in [-0.2, 0) is 0 Å². The van der Waals surface area contributed by atoms with Gasteiger partial charge in [0.15, 0.2) is 0 Å². The molecule has 2 aromatic rings. The lowest BCUT2D eigenvalue weighted by atomic mass is 10.1. The smallest absolute Gasteiger partial charge is 0.118 e. The summed E-state index contributed by atoms with van der Waals surface area (Å²) in [5.74, 6) is 0. The van der Waals surface area contributed by atoms with Crippen molar-refractivity contribution < 1.29 is 5.11 Å². The van der Waals surface area contributed by atoms with Gasteiger partial charge in [-0.3, -0.25) is 4.98 Å². The number of benzene rings is 1. The Morgan fingerprint density at radius 2 is 2.00 bits per heavy atom. The lowest BCUT2D eigenvalue weighted by Crippen LogP contribution is -2.02. The molecule has 1 N–H and O–H groups in total. The van der Waals surface area contributed by atoms with Gasteiger partial charge in [0.25, 0.3) is 0 Å². The number of hydrogen-bond acceptors (Lipinski definition) is 3. The van der Waals surface area contributed by atoms with E-state index in [-0.39, 0.29) is 0 Å². The minimum atomic E-state index is -0.734. The second-order valence-corrected chi connectivity index (χ2v) is 3.53. The van der Waals surface area contributed by atoms with E-state index in [1.807, 2.05) is 24.3 Å². The Kier molecular flexibility index (Phi) is 2.47. The summed E-state index contributed by atoms with van der Waals surface area (Å²) >= 11 is 0. The second-order valence-electron chi connectivity index (χ2n) is 3.53. The quantitative estimate of drug-likeness (QED) is 0.756. The maximum absolute atomic E-state index is 9.76. The topological polar surface area (TPSA) is 46.0 Å². The highest BCUT2D eigenvalue weighted by Gasteiger charge is 2.10. The van der Waals surface area contributed by atoms with E-state index in [0.29, 0.717) is 11.3 Å². The van der Waals surface area contributed by atoms with Crippen molar-refractivity contribution in [1.29, 1.82) is 0 Å².